The van der Waals surface area contributed by atoms with Gasteiger partial charge in [-0.3, -0.25) is 9.80 Å². The molecule has 0 bridgehead atoms. The molecule has 0 aromatic heterocycles. The predicted molar refractivity (Wildman–Crippen MR) is 219 cm³/mol. The first kappa shape index (κ1) is 45.7. The van der Waals surface area contributed by atoms with Crippen LogP contribution in [0.25, 0.3) is 6.08 Å². The number of methoxy groups -OCH3 is 2. The Morgan fingerprint density at radius 3 is 2.32 bits per heavy atom. The van der Waals surface area contributed by atoms with Gasteiger partial charge in [-0.25, -0.2) is 4.79 Å². The molecule has 1 aliphatic carbocycles. The van der Waals surface area contributed by atoms with Crippen molar-refractivity contribution in [3.05, 3.63) is 124 Å². The Morgan fingerprint density at radius 1 is 1.09 bits per heavy atom. The van der Waals surface area contributed by atoms with Crippen molar-refractivity contribution in [3.63, 3.8) is 0 Å². The average molecular weight is 752 g/mol. The standard InChI is InChI=1S/C17H18N2O3S.C9H16N2O2.C7H9N.C6H14N2O/c1-9-7-14(23)15(18)16(20)13(9)8-10(2)19-12-5-3-11(4-6-12)17(21)22;1-7(12-2)6-8(11)9(13-3)4-5-10;8-7-5-3-1-2-4-6-7;1-7-2-3-8(6-7)4-5-9/h3-8,19-20,23H,18H2,1-2H3,(H,21,22);4-6H,10-11H2,1-3H3;1,3-6H,2,8H2;9H,2-6H2,1H3/b10-8+;5-4+,7-6+,9-8-;;. The minimum Gasteiger partial charge on any atom is -0.505 e. The fourth-order valence-corrected chi connectivity index (χ4v) is 4.91. The van der Waals surface area contributed by atoms with Gasteiger partial charge in [-0.1, -0.05) is 18.2 Å². The number of nitrogens with zero attached hydrogens (tertiary/aromatic N) is 2. The molecule has 12 N–H and O–H groups in total. The lowest BCUT2D eigenvalue weighted by Gasteiger charge is -2.12. The molecule has 2 aromatic rings. The molecule has 0 amide bonds. The van der Waals surface area contributed by atoms with Crippen LogP contribution < -0.4 is 28.3 Å². The van der Waals surface area contributed by atoms with Crippen molar-refractivity contribution in [1.82, 2.24) is 9.80 Å². The molecule has 290 valence electrons. The fraction of sp³-hybridized carbons (Fsp3) is 0.308. The summed E-state index contributed by atoms with van der Waals surface area (Å²) in [5, 5.41) is 30.7. The Hall–Kier alpha value is -5.28. The number of hydrogen-bond acceptors (Lipinski definition) is 13. The Bertz CT molecular complexity index is 1680. The molecule has 1 aliphatic heterocycles. The van der Waals surface area contributed by atoms with Crippen LogP contribution in [0.1, 0.15) is 41.8 Å². The maximum Gasteiger partial charge on any atom is 0.335 e. The molecule has 2 aromatic carbocycles. The van der Waals surface area contributed by atoms with Gasteiger partial charge in [-0.2, -0.15) is 0 Å². The molecule has 0 unspecified atom stereocenters. The number of carbonyl (C=O) groups is 1. The number of benzene rings is 2. The van der Waals surface area contributed by atoms with E-state index in [2.05, 4.69) is 40.9 Å². The third-order valence-electron chi connectivity index (χ3n) is 7.49. The van der Waals surface area contributed by atoms with Gasteiger partial charge in [0.2, 0.25) is 0 Å². The van der Waals surface area contributed by atoms with E-state index in [1.54, 1.807) is 50.5 Å². The first-order chi connectivity index (χ1) is 25.2. The number of β-amino-alcohol motifs (C(OH)–C–C–N with tert-alkyl or cyclic N) is 1. The summed E-state index contributed by atoms with van der Waals surface area (Å²) in [4.78, 5) is 15.8. The van der Waals surface area contributed by atoms with Crippen molar-refractivity contribution < 1.29 is 29.6 Å². The molecule has 0 spiro atoms. The molecule has 4 rings (SSSR count). The molecule has 1 fully saturated rings. The van der Waals surface area contributed by atoms with Crippen molar-refractivity contribution in [2.75, 3.05) is 65.2 Å². The lowest BCUT2D eigenvalue weighted by Crippen LogP contribution is -2.25. The molecule has 53 heavy (non-hydrogen) atoms. The summed E-state index contributed by atoms with van der Waals surface area (Å²) in [6, 6.07) is 8.19. The number of ether oxygens (including phenoxy) is 2. The van der Waals surface area contributed by atoms with E-state index in [1.807, 2.05) is 38.2 Å². The SMILES string of the molecule is C/C(=C\c1c(C)cc(S)c(N)c1O)Nc1ccc(C(=O)O)cc1.CN1CCN(CCO)C1.COC(/C=C/N)=C(N)/C=C(\C)OC.NC1=CC=CCC=C1. The van der Waals surface area contributed by atoms with Gasteiger partial charge >= 0.3 is 5.97 Å². The van der Waals surface area contributed by atoms with E-state index in [0.717, 1.165) is 55.4 Å². The number of aromatic hydroxyl groups is 1. The fourth-order valence-electron chi connectivity index (χ4n) is 4.61. The zero-order valence-corrected chi connectivity index (χ0v) is 32.4. The van der Waals surface area contributed by atoms with Gasteiger partial charge in [0.25, 0.3) is 0 Å². The maximum atomic E-state index is 10.8. The highest BCUT2D eigenvalue weighted by Gasteiger charge is 2.14. The monoisotopic (exact) mass is 751 g/mol. The van der Waals surface area contributed by atoms with Crippen LogP contribution in [-0.2, 0) is 9.47 Å². The number of phenolic OH excluding ortho intramolecular Hbond substituents is 1. The number of carboxylic acids is 1. The summed E-state index contributed by atoms with van der Waals surface area (Å²) in [7, 11) is 5.19. The van der Waals surface area contributed by atoms with Gasteiger partial charge in [0, 0.05) is 53.3 Å². The zero-order chi connectivity index (χ0) is 39.9. The number of allylic oxidation sites excluding steroid dienone is 9. The number of phenols is 1. The Labute approximate surface area is 319 Å². The summed E-state index contributed by atoms with van der Waals surface area (Å²) in [6.07, 6.45) is 17.3. The van der Waals surface area contributed by atoms with E-state index < -0.39 is 5.97 Å². The summed E-state index contributed by atoms with van der Waals surface area (Å²) in [6.45, 7) is 9.87. The topological polar surface area (TPSA) is 219 Å². The number of aliphatic hydroxyl groups excluding tert-OH is 1. The van der Waals surface area contributed by atoms with Crippen molar-refractivity contribution in [2.24, 2.45) is 17.2 Å². The first-order valence-electron chi connectivity index (χ1n) is 16.7. The maximum absolute atomic E-state index is 10.8. The van der Waals surface area contributed by atoms with E-state index in [0.29, 0.717) is 27.7 Å². The van der Waals surface area contributed by atoms with Crippen LogP contribution in [0.5, 0.6) is 5.75 Å². The van der Waals surface area contributed by atoms with Crippen molar-refractivity contribution in [1.29, 1.82) is 0 Å². The molecular weight excluding hydrogens is 695 g/mol. The number of aliphatic hydroxyl groups is 1. The number of nitrogen functional groups attached to an aromatic ring is 1. The number of nitrogens with two attached hydrogens (primary N) is 4. The molecule has 0 atom stereocenters. The molecule has 0 saturated carbocycles. The van der Waals surface area contributed by atoms with E-state index in [1.165, 1.54) is 25.4 Å². The number of carboxylic acid groups (broad SMARTS) is 1. The lowest BCUT2D eigenvalue weighted by atomic mass is 10.0. The minimum atomic E-state index is -0.966. The van der Waals surface area contributed by atoms with Gasteiger partial charge in [0.05, 0.1) is 50.2 Å². The van der Waals surface area contributed by atoms with E-state index >= 15 is 0 Å². The van der Waals surface area contributed by atoms with Crippen LogP contribution in [0.3, 0.4) is 0 Å². The van der Waals surface area contributed by atoms with Crippen LogP contribution in [0.15, 0.2) is 113 Å². The molecule has 14 heteroatoms. The van der Waals surface area contributed by atoms with Crippen molar-refractivity contribution >= 4 is 36.0 Å². The van der Waals surface area contributed by atoms with Crippen LogP contribution in [0.4, 0.5) is 11.4 Å². The molecule has 1 heterocycles. The van der Waals surface area contributed by atoms with Gasteiger partial charge < -0.3 is 53.0 Å². The third-order valence-corrected chi connectivity index (χ3v) is 7.86. The highest BCUT2D eigenvalue weighted by Crippen LogP contribution is 2.35. The number of rotatable bonds is 10. The van der Waals surface area contributed by atoms with Crippen LogP contribution in [0, 0.1) is 6.92 Å². The average Bonchev–Trinajstić information content (AvgIpc) is 3.38. The number of hydrogen-bond donors (Lipinski definition) is 9. The number of aryl methyl sites for hydroxylation is 1. The largest absolute Gasteiger partial charge is 0.505 e. The number of aromatic carboxylic acids is 1. The Kier molecular flexibility index (Phi) is 21.4. The molecule has 13 nitrogen and oxygen atoms in total. The van der Waals surface area contributed by atoms with Gasteiger partial charge in [0.1, 0.15) is 11.5 Å². The molecule has 0 radical (unpaired) electrons. The third kappa shape index (κ3) is 17.7. The van der Waals surface area contributed by atoms with Crippen LogP contribution in [0.2, 0.25) is 0 Å². The van der Waals surface area contributed by atoms with Gasteiger partial charge in [0.15, 0.2) is 0 Å². The van der Waals surface area contributed by atoms with Crippen LogP contribution in [-0.4, -0.2) is 85.3 Å². The first-order valence-corrected chi connectivity index (χ1v) is 17.2. The van der Waals surface area contributed by atoms with Crippen molar-refractivity contribution in [3.8, 4) is 5.75 Å². The number of nitrogens with one attached hydrogen (secondary N) is 1. The second-order valence-electron chi connectivity index (χ2n) is 11.9. The van der Waals surface area contributed by atoms with E-state index in [4.69, 9.17) is 42.6 Å². The molecular formula is C39H57N7O6S. The Balaban J connectivity index is 0.000000393. The molecule has 2 aliphatic rings. The lowest BCUT2D eigenvalue weighted by molar-refractivity contribution is 0.0697. The van der Waals surface area contributed by atoms with E-state index in [9.17, 15) is 9.90 Å². The summed E-state index contributed by atoms with van der Waals surface area (Å²) in [5.41, 5.74) is 26.9. The smallest absolute Gasteiger partial charge is 0.335 e. The number of anilines is 2. The van der Waals surface area contributed by atoms with Gasteiger partial charge in [-0.15, -0.1) is 12.6 Å². The summed E-state index contributed by atoms with van der Waals surface area (Å²) < 4.78 is 9.92. The highest BCUT2D eigenvalue weighted by atomic mass is 32.1. The predicted octanol–water partition coefficient (Wildman–Crippen LogP) is 5.10. The number of thiol groups is 1. The zero-order valence-electron chi connectivity index (χ0n) is 31.5. The number of likely N-dealkylation sites (N-methyl/N-ethyl adjacent to an activating group) is 1. The highest BCUT2D eigenvalue weighted by molar-refractivity contribution is 7.80. The minimum absolute atomic E-state index is 0.00243. The van der Waals surface area contributed by atoms with Crippen LogP contribution >= 0.6 is 12.6 Å². The normalized spacial score (nSPS) is 15.1. The molecule has 1 saturated heterocycles. The summed E-state index contributed by atoms with van der Waals surface area (Å²) in [5.74, 6) is 0.250. The summed E-state index contributed by atoms with van der Waals surface area (Å²) >= 11 is 4.21. The second kappa shape index (κ2) is 24.8. The Morgan fingerprint density at radius 2 is 1.77 bits per heavy atom. The van der Waals surface area contributed by atoms with Crippen molar-refractivity contribution in [2.45, 2.75) is 32.1 Å². The van der Waals surface area contributed by atoms with E-state index in [-0.39, 0.29) is 23.6 Å². The second-order valence-corrected chi connectivity index (χ2v) is 12.3. The quantitative estimate of drug-likeness (QED) is 0.0508. The van der Waals surface area contributed by atoms with Gasteiger partial charge in [-0.05, 0) is 101 Å².